The van der Waals surface area contributed by atoms with E-state index in [1.807, 2.05) is 66.4 Å². The van der Waals surface area contributed by atoms with Gasteiger partial charge >= 0.3 is 0 Å². The van der Waals surface area contributed by atoms with Crippen molar-refractivity contribution in [3.8, 4) is 11.1 Å². The first-order valence-electron chi connectivity index (χ1n) is 11.5. The van der Waals surface area contributed by atoms with Crippen molar-refractivity contribution in [1.29, 1.82) is 0 Å². The van der Waals surface area contributed by atoms with Crippen LogP contribution in [-0.2, 0) is 4.79 Å². The fraction of sp³-hybridized carbons (Fsp3) is 0.259. The SMILES string of the molecule is Cc1cc(C(=O)N2C[C@@H](C)N[C@@H](C)C2)c(C=C2C(=O)Nc3cccc(-c4cccc(Br)c4)c32)[nH]1. The summed E-state index contributed by atoms with van der Waals surface area (Å²) >= 11 is 3.55. The number of amides is 2. The number of rotatable bonds is 3. The summed E-state index contributed by atoms with van der Waals surface area (Å²) in [5, 5.41) is 6.45. The molecule has 2 aromatic carbocycles. The first kappa shape index (κ1) is 22.6. The first-order valence-corrected chi connectivity index (χ1v) is 12.3. The lowest BCUT2D eigenvalue weighted by Crippen LogP contribution is -2.55. The highest BCUT2D eigenvalue weighted by atomic mass is 79.9. The van der Waals surface area contributed by atoms with E-state index >= 15 is 0 Å². The van der Waals surface area contributed by atoms with Crippen molar-refractivity contribution in [2.45, 2.75) is 32.9 Å². The van der Waals surface area contributed by atoms with Gasteiger partial charge in [-0.15, -0.1) is 0 Å². The Bertz CT molecular complexity index is 1320. The molecule has 2 aliphatic rings. The Balaban J connectivity index is 1.58. The zero-order valence-electron chi connectivity index (χ0n) is 19.4. The van der Waals surface area contributed by atoms with Crippen LogP contribution in [0.4, 0.5) is 5.69 Å². The lowest BCUT2D eigenvalue weighted by atomic mass is 9.94. The molecule has 2 aliphatic heterocycles. The van der Waals surface area contributed by atoms with Gasteiger partial charge in [0, 0.05) is 46.6 Å². The van der Waals surface area contributed by atoms with Crippen LogP contribution in [0.2, 0.25) is 0 Å². The number of carbonyl (C=O) groups is 2. The number of aryl methyl sites for hydroxylation is 1. The zero-order valence-corrected chi connectivity index (χ0v) is 21.0. The number of fused-ring (bicyclic) bond motifs is 1. The largest absolute Gasteiger partial charge is 0.358 e. The number of hydrogen-bond donors (Lipinski definition) is 3. The number of anilines is 1. The highest BCUT2D eigenvalue weighted by Gasteiger charge is 2.30. The summed E-state index contributed by atoms with van der Waals surface area (Å²) in [4.78, 5) is 31.8. The smallest absolute Gasteiger partial charge is 0.256 e. The molecule has 3 N–H and O–H groups in total. The van der Waals surface area contributed by atoms with Crippen molar-refractivity contribution < 1.29 is 9.59 Å². The molecule has 3 aromatic rings. The Morgan fingerprint density at radius 2 is 1.82 bits per heavy atom. The molecule has 1 saturated heterocycles. The zero-order chi connectivity index (χ0) is 24.0. The summed E-state index contributed by atoms with van der Waals surface area (Å²) in [6.07, 6.45) is 1.82. The molecule has 0 aliphatic carbocycles. The van der Waals surface area contributed by atoms with Crippen molar-refractivity contribution in [3.05, 3.63) is 75.5 Å². The average Bonchev–Trinajstić information content (AvgIpc) is 3.31. The fourth-order valence-electron chi connectivity index (χ4n) is 4.99. The lowest BCUT2D eigenvalue weighted by Gasteiger charge is -2.36. The standard InChI is InChI=1S/C27H27BrN4O2/c1-15-10-21(27(34)32-13-16(2)29-17(3)14-32)24(30-15)12-22-25-20(18-6-4-7-19(28)11-18)8-5-9-23(25)31-26(22)33/h4-12,16-17,29-30H,13-14H2,1-3H3,(H,31,33)/t16-,17+. The van der Waals surface area contributed by atoms with Crippen molar-refractivity contribution in [2.75, 3.05) is 18.4 Å². The van der Waals surface area contributed by atoms with Gasteiger partial charge in [-0.05, 0) is 62.2 Å². The molecule has 2 amide bonds. The third-order valence-electron chi connectivity index (χ3n) is 6.31. The molecule has 0 unspecified atom stereocenters. The molecule has 7 heteroatoms. The van der Waals surface area contributed by atoms with Crippen LogP contribution in [0.5, 0.6) is 0 Å². The number of aromatic amines is 1. The summed E-state index contributed by atoms with van der Waals surface area (Å²) in [5.74, 6) is -0.192. The van der Waals surface area contributed by atoms with Crippen LogP contribution in [-0.4, -0.2) is 46.9 Å². The summed E-state index contributed by atoms with van der Waals surface area (Å²) in [5.41, 5.74) is 6.26. The Hall–Kier alpha value is -3.16. The van der Waals surface area contributed by atoms with Gasteiger partial charge in [0.15, 0.2) is 0 Å². The highest BCUT2D eigenvalue weighted by molar-refractivity contribution is 9.10. The Labute approximate surface area is 207 Å². The Morgan fingerprint density at radius 3 is 2.56 bits per heavy atom. The van der Waals surface area contributed by atoms with E-state index in [2.05, 4.69) is 45.4 Å². The molecule has 0 radical (unpaired) electrons. The average molecular weight is 519 g/mol. The number of nitrogens with one attached hydrogen (secondary N) is 3. The molecule has 1 aromatic heterocycles. The molecule has 0 saturated carbocycles. The third-order valence-corrected chi connectivity index (χ3v) is 6.80. The monoisotopic (exact) mass is 518 g/mol. The van der Waals surface area contributed by atoms with Gasteiger partial charge in [0.2, 0.25) is 0 Å². The second kappa shape index (κ2) is 8.89. The molecular weight excluding hydrogens is 492 g/mol. The lowest BCUT2D eigenvalue weighted by molar-refractivity contribution is -0.110. The van der Waals surface area contributed by atoms with Gasteiger partial charge in [0.25, 0.3) is 11.8 Å². The number of benzene rings is 2. The molecule has 174 valence electrons. The second-order valence-electron chi connectivity index (χ2n) is 9.21. The van der Waals surface area contributed by atoms with Crippen molar-refractivity contribution >= 4 is 45.1 Å². The van der Waals surface area contributed by atoms with Gasteiger partial charge in [0.1, 0.15) is 0 Å². The number of hydrogen-bond acceptors (Lipinski definition) is 3. The van der Waals surface area contributed by atoms with E-state index in [0.717, 1.165) is 32.5 Å². The van der Waals surface area contributed by atoms with Gasteiger partial charge in [-0.25, -0.2) is 0 Å². The molecule has 3 heterocycles. The molecule has 6 nitrogen and oxygen atoms in total. The van der Waals surface area contributed by atoms with Crippen molar-refractivity contribution in [1.82, 2.24) is 15.2 Å². The van der Waals surface area contributed by atoms with Crippen LogP contribution >= 0.6 is 15.9 Å². The van der Waals surface area contributed by atoms with E-state index in [0.29, 0.717) is 29.9 Å². The number of nitrogens with zero attached hydrogens (tertiary/aromatic N) is 1. The summed E-state index contributed by atoms with van der Waals surface area (Å²) in [6, 6.07) is 16.2. The van der Waals surface area contributed by atoms with Gasteiger partial charge < -0.3 is 20.5 Å². The number of H-pyrrole nitrogens is 1. The van der Waals surface area contributed by atoms with Crippen LogP contribution in [0.15, 0.2) is 53.0 Å². The van der Waals surface area contributed by atoms with E-state index in [1.54, 1.807) is 0 Å². The van der Waals surface area contributed by atoms with Crippen LogP contribution in [0.3, 0.4) is 0 Å². The third kappa shape index (κ3) is 4.21. The number of carbonyl (C=O) groups excluding carboxylic acids is 2. The van der Waals surface area contributed by atoms with Crippen LogP contribution in [0.1, 0.15) is 41.2 Å². The number of piperazine rings is 1. The fourth-order valence-corrected chi connectivity index (χ4v) is 5.39. The minimum atomic E-state index is -0.174. The van der Waals surface area contributed by atoms with Gasteiger partial charge in [-0.3, -0.25) is 9.59 Å². The Kier molecular flexibility index (Phi) is 5.91. The van der Waals surface area contributed by atoms with Crippen LogP contribution in [0.25, 0.3) is 22.8 Å². The van der Waals surface area contributed by atoms with Crippen LogP contribution in [0, 0.1) is 6.92 Å². The van der Waals surface area contributed by atoms with Gasteiger partial charge in [0.05, 0.1) is 16.8 Å². The normalized spacial score (nSPS) is 21.0. The topological polar surface area (TPSA) is 77.2 Å². The van der Waals surface area contributed by atoms with E-state index in [-0.39, 0.29) is 23.9 Å². The van der Waals surface area contributed by atoms with E-state index < -0.39 is 0 Å². The van der Waals surface area contributed by atoms with Crippen molar-refractivity contribution in [3.63, 3.8) is 0 Å². The molecule has 34 heavy (non-hydrogen) atoms. The molecule has 1 fully saturated rings. The first-order chi connectivity index (χ1) is 16.3. The molecule has 5 rings (SSSR count). The van der Waals surface area contributed by atoms with E-state index in [1.165, 1.54) is 0 Å². The van der Waals surface area contributed by atoms with Crippen molar-refractivity contribution in [2.24, 2.45) is 0 Å². The van der Waals surface area contributed by atoms with E-state index in [4.69, 9.17) is 0 Å². The minimum Gasteiger partial charge on any atom is -0.358 e. The maximum Gasteiger partial charge on any atom is 0.256 e. The maximum absolute atomic E-state index is 13.5. The summed E-state index contributed by atoms with van der Waals surface area (Å²) < 4.78 is 0.970. The van der Waals surface area contributed by atoms with Crippen LogP contribution < -0.4 is 10.6 Å². The number of halogens is 1. The number of aromatic nitrogens is 1. The second-order valence-corrected chi connectivity index (χ2v) is 10.1. The molecule has 0 bridgehead atoms. The highest BCUT2D eigenvalue weighted by Crippen LogP contribution is 2.41. The summed E-state index contributed by atoms with van der Waals surface area (Å²) in [6.45, 7) is 7.41. The quantitative estimate of drug-likeness (QED) is 0.423. The molecular formula is C27H27BrN4O2. The summed E-state index contributed by atoms with van der Waals surface area (Å²) in [7, 11) is 0. The minimum absolute atomic E-state index is 0.0182. The predicted molar refractivity (Wildman–Crippen MR) is 140 cm³/mol. The van der Waals surface area contributed by atoms with Gasteiger partial charge in [-0.2, -0.15) is 0 Å². The van der Waals surface area contributed by atoms with Gasteiger partial charge in [-0.1, -0.05) is 40.2 Å². The maximum atomic E-state index is 13.5. The van der Waals surface area contributed by atoms with E-state index in [9.17, 15) is 9.59 Å². The predicted octanol–water partition coefficient (Wildman–Crippen LogP) is 5.07. The molecule has 0 spiro atoms. The Morgan fingerprint density at radius 1 is 1.09 bits per heavy atom. The molecule has 2 atom stereocenters.